The van der Waals surface area contributed by atoms with E-state index in [1.807, 2.05) is 19.9 Å². The molecule has 1 aromatic heterocycles. The quantitative estimate of drug-likeness (QED) is 0.629. The fourth-order valence-corrected chi connectivity index (χ4v) is 2.20. The lowest BCUT2D eigenvalue weighted by molar-refractivity contribution is 1.35. The number of aryl methyl sites for hydroxylation is 1. The highest BCUT2D eigenvalue weighted by molar-refractivity contribution is 7.22. The van der Waals surface area contributed by atoms with Crippen LogP contribution in [0.4, 0.5) is 10.8 Å². The third-order valence-electron chi connectivity index (χ3n) is 2.31. The molecule has 0 saturated heterocycles. The minimum absolute atomic E-state index is 0.600. The Balaban J connectivity index is 2.92. The molecular weight excluding hydrogens is 182 g/mol. The molecule has 0 aliphatic heterocycles. The maximum atomic E-state index is 5.83. The molecule has 4 N–H and O–H groups in total. The zero-order chi connectivity index (χ0) is 9.59. The van der Waals surface area contributed by atoms with Gasteiger partial charge in [0.15, 0.2) is 5.13 Å². The van der Waals surface area contributed by atoms with Crippen molar-refractivity contribution < 1.29 is 0 Å². The first-order valence-corrected chi connectivity index (χ1v) is 4.83. The lowest BCUT2D eigenvalue weighted by atomic mass is 10.1. The van der Waals surface area contributed by atoms with Crippen LogP contribution in [-0.4, -0.2) is 4.98 Å². The summed E-state index contributed by atoms with van der Waals surface area (Å²) in [5, 5.41) is 0.600. The molecule has 13 heavy (non-hydrogen) atoms. The van der Waals surface area contributed by atoms with Crippen molar-refractivity contribution in [2.75, 3.05) is 11.5 Å². The zero-order valence-electron chi connectivity index (χ0n) is 7.59. The van der Waals surface area contributed by atoms with Crippen LogP contribution in [0, 0.1) is 13.8 Å². The Labute approximate surface area is 80.4 Å². The number of thiazole rings is 1. The highest BCUT2D eigenvalue weighted by Gasteiger charge is 2.08. The number of aromatic nitrogens is 1. The molecule has 1 heterocycles. The Morgan fingerprint density at radius 2 is 1.92 bits per heavy atom. The molecule has 2 rings (SSSR count). The first-order valence-electron chi connectivity index (χ1n) is 4.01. The Morgan fingerprint density at radius 1 is 1.23 bits per heavy atom. The Bertz CT molecular complexity index is 473. The first kappa shape index (κ1) is 8.31. The van der Waals surface area contributed by atoms with Gasteiger partial charge in [-0.25, -0.2) is 4.98 Å². The minimum Gasteiger partial charge on any atom is -0.398 e. The fourth-order valence-electron chi connectivity index (χ4n) is 1.36. The molecule has 0 aliphatic carbocycles. The predicted molar refractivity (Wildman–Crippen MR) is 57.9 cm³/mol. The van der Waals surface area contributed by atoms with Gasteiger partial charge in [-0.3, -0.25) is 0 Å². The largest absolute Gasteiger partial charge is 0.398 e. The maximum absolute atomic E-state index is 5.83. The molecule has 0 bridgehead atoms. The number of benzene rings is 1. The summed E-state index contributed by atoms with van der Waals surface area (Å²) in [5.41, 5.74) is 15.5. The molecule has 0 aliphatic rings. The molecule has 3 nitrogen and oxygen atoms in total. The van der Waals surface area contributed by atoms with E-state index < -0.39 is 0 Å². The average Bonchev–Trinajstić information content (AvgIpc) is 2.42. The van der Waals surface area contributed by atoms with E-state index in [2.05, 4.69) is 4.98 Å². The van der Waals surface area contributed by atoms with Crippen molar-refractivity contribution in [2.24, 2.45) is 0 Å². The van der Waals surface area contributed by atoms with Crippen LogP contribution in [0.1, 0.15) is 11.1 Å². The van der Waals surface area contributed by atoms with Crippen LogP contribution in [0.3, 0.4) is 0 Å². The molecule has 0 amide bonds. The highest BCUT2D eigenvalue weighted by Crippen LogP contribution is 2.31. The van der Waals surface area contributed by atoms with Crippen molar-refractivity contribution in [1.82, 2.24) is 4.98 Å². The maximum Gasteiger partial charge on any atom is 0.181 e. The summed E-state index contributed by atoms with van der Waals surface area (Å²) < 4.78 is 1.07. The number of nitrogens with zero attached hydrogens (tertiary/aromatic N) is 1. The molecule has 0 fully saturated rings. The van der Waals surface area contributed by atoms with E-state index in [0.29, 0.717) is 5.13 Å². The number of nitrogens with two attached hydrogens (primary N) is 2. The predicted octanol–water partition coefficient (Wildman–Crippen LogP) is 2.08. The van der Waals surface area contributed by atoms with E-state index >= 15 is 0 Å². The number of nitrogen functional groups attached to an aromatic ring is 2. The standard InChI is InChI=1S/C9H11N3S/c1-4-5(2)8-7(3-6(4)10)13-9(11)12-8/h3H,10H2,1-2H3,(H2,11,12). The molecular formula is C9H11N3S. The molecule has 0 atom stereocenters. The van der Waals surface area contributed by atoms with Crippen LogP contribution in [0.2, 0.25) is 0 Å². The number of rotatable bonds is 0. The molecule has 0 unspecified atom stereocenters. The summed E-state index contributed by atoms with van der Waals surface area (Å²) in [6.45, 7) is 4.02. The van der Waals surface area contributed by atoms with Crippen molar-refractivity contribution in [3.63, 3.8) is 0 Å². The number of anilines is 2. The van der Waals surface area contributed by atoms with Gasteiger partial charge in [0.05, 0.1) is 10.2 Å². The van der Waals surface area contributed by atoms with Crippen LogP contribution in [0.15, 0.2) is 6.07 Å². The SMILES string of the molecule is Cc1c(N)cc2sc(N)nc2c1C. The lowest BCUT2D eigenvalue weighted by Gasteiger charge is -2.03. The Kier molecular flexibility index (Phi) is 1.66. The molecule has 0 spiro atoms. The number of fused-ring (bicyclic) bond motifs is 1. The molecule has 68 valence electrons. The van der Waals surface area contributed by atoms with Crippen LogP contribution < -0.4 is 11.5 Å². The summed E-state index contributed by atoms with van der Waals surface area (Å²) in [6, 6.07) is 1.94. The summed E-state index contributed by atoms with van der Waals surface area (Å²) >= 11 is 1.48. The second-order valence-electron chi connectivity index (χ2n) is 3.11. The zero-order valence-corrected chi connectivity index (χ0v) is 8.40. The van der Waals surface area contributed by atoms with Gasteiger partial charge in [0, 0.05) is 5.69 Å². The van der Waals surface area contributed by atoms with Gasteiger partial charge in [-0.2, -0.15) is 0 Å². The van der Waals surface area contributed by atoms with Crippen molar-refractivity contribution in [3.8, 4) is 0 Å². The van der Waals surface area contributed by atoms with Crippen molar-refractivity contribution in [3.05, 3.63) is 17.2 Å². The van der Waals surface area contributed by atoms with Gasteiger partial charge in [0.25, 0.3) is 0 Å². The van der Waals surface area contributed by atoms with Gasteiger partial charge >= 0.3 is 0 Å². The van der Waals surface area contributed by atoms with Crippen LogP contribution in [-0.2, 0) is 0 Å². The normalized spacial score (nSPS) is 10.9. The van der Waals surface area contributed by atoms with Crippen LogP contribution in [0.25, 0.3) is 10.2 Å². The van der Waals surface area contributed by atoms with E-state index in [1.54, 1.807) is 0 Å². The second kappa shape index (κ2) is 2.60. The summed E-state index contributed by atoms with van der Waals surface area (Å²) in [6.07, 6.45) is 0. The van der Waals surface area contributed by atoms with E-state index in [1.165, 1.54) is 11.3 Å². The van der Waals surface area contributed by atoms with Gasteiger partial charge in [-0.1, -0.05) is 11.3 Å². The lowest BCUT2D eigenvalue weighted by Crippen LogP contribution is -1.92. The van der Waals surface area contributed by atoms with Crippen molar-refractivity contribution in [1.29, 1.82) is 0 Å². The third-order valence-corrected chi connectivity index (χ3v) is 3.14. The van der Waals surface area contributed by atoms with Gasteiger partial charge in [0.1, 0.15) is 0 Å². The topological polar surface area (TPSA) is 64.9 Å². The van der Waals surface area contributed by atoms with E-state index in [0.717, 1.165) is 27.0 Å². The molecule has 0 saturated carbocycles. The Morgan fingerprint density at radius 3 is 2.62 bits per heavy atom. The van der Waals surface area contributed by atoms with Crippen LogP contribution >= 0.6 is 11.3 Å². The minimum atomic E-state index is 0.600. The summed E-state index contributed by atoms with van der Waals surface area (Å²) in [5.74, 6) is 0. The van der Waals surface area contributed by atoms with E-state index in [9.17, 15) is 0 Å². The van der Waals surface area contributed by atoms with Crippen molar-refractivity contribution >= 4 is 32.4 Å². The van der Waals surface area contributed by atoms with Gasteiger partial charge in [-0.05, 0) is 31.0 Å². The molecule has 1 aromatic carbocycles. The molecule has 0 radical (unpaired) electrons. The summed E-state index contributed by atoms with van der Waals surface area (Å²) in [4.78, 5) is 4.26. The van der Waals surface area contributed by atoms with E-state index in [-0.39, 0.29) is 0 Å². The van der Waals surface area contributed by atoms with Gasteiger partial charge in [0.2, 0.25) is 0 Å². The van der Waals surface area contributed by atoms with Gasteiger partial charge < -0.3 is 11.5 Å². The highest BCUT2D eigenvalue weighted by atomic mass is 32.1. The fraction of sp³-hybridized carbons (Fsp3) is 0.222. The monoisotopic (exact) mass is 193 g/mol. The van der Waals surface area contributed by atoms with E-state index in [4.69, 9.17) is 11.5 Å². The smallest absolute Gasteiger partial charge is 0.181 e. The number of hydrogen-bond donors (Lipinski definition) is 2. The first-order chi connectivity index (χ1) is 6.09. The Hall–Kier alpha value is -1.29. The average molecular weight is 193 g/mol. The third kappa shape index (κ3) is 1.14. The molecule has 4 heteroatoms. The van der Waals surface area contributed by atoms with Crippen molar-refractivity contribution in [2.45, 2.75) is 13.8 Å². The number of hydrogen-bond acceptors (Lipinski definition) is 4. The van der Waals surface area contributed by atoms with Gasteiger partial charge in [-0.15, -0.1) is 0 Å². The van der Waals surface area contributed by atoms with Crippen LogP contribution in [0.5, 0.6) is 0 Å². The second-order valence-corrected chi connectivity index (χ2v) is 4.18. The molecule has 2 aromatic rings. The summed E-state index contributed by atoms with van der Waals surface area (Å²) in [7, 11) is 0.